The zero-order valence-electron chi connectivity index (χ0n) is 13.5. The van der Waals surface area contributed by atoms with Crippen molar-refractivity contribution in [1.29, 1.82) is 0 Å². The molecule has 0 spiro atoms. The number of rotatable bonds is 2. The molecular formula is C18H22N4O. The molecule has 3 heterocycles. The molecule has 1 amide bonds. The molecule has 2 aromatic rings. The van der Waals surface area contributed by atoms with E-state index in [1.54, 1.807) is 13.3 Å². The summed E-state index contributed by atoms with van der Waals surface area (Å²) in [6, 6.07) is 8.87. The van der Waals surface area contributed by atoms with Gasteiger partial charge in [0.25, 0.3) is 0 Å². The fourth-order valence-electron chi connectivity index (χ4n) is 4.26. The molecule has 2 aliphatic rings. The third-order valence-electron chi connectivity index (χ3n) is 5.24. The van der Waals surface area contributed by atoms with Gasteiger partial charge >= 0.3 is 0 Å². The zero-order valence-corrected chi connectivity index (χ0v) is 13.5. The quantitative estimate of drug-likeness (QED) is 0.855. The van der Waals surface area contributed by atoms with Crippen molar-refractivity contribution in [3.63, 3.8) is 0 Å². The van der Waals surface area contributed by atoms with Crippen LogP contribution >= 0.6 is 0 Å². The Labute approximate surface area is 136 Å². The molecule has 5 heteroatoms. The van der Waals surface area contributed by atoms with Gasteiger partial charge in [-0.3, -0.25) is 4.79 Å². The number of benzene rings is 1. The first-order valence-electron chi connectivity index (χ1n) is 8.49. The average Bonchev–Trinajstić information content (AvgIpc) is 3.22. The second-order valence-corrected chi connectivity index (χ2v) is 6.54. The Bertz CT molecular complexity index is 727. The van der Waals surface area contributed by atoms with Gasteiger partial charge in [-0.05, 0) is 37.8 Å². The zero-order chi connectivity index (χ0) is 15.8. The minimum Gasteiger partial charge on any atom is -0.351 e. The number of likely N-dealkylation sites (tertiary alicyclic amines) is 1. The number of hydrogen-bond acceptors (Lipinski definition) is 4. The molecule has 2 saturated heterocycles. The highest BCUT2D eigenvalue weighted by atomic mass is 16.2. The lowest BCUT2D eigenvalue weighted by atomic mass is 10.0. The highest BCUT2D eigenvalue weighted by Gasteiger charge is 2.39. The SMILES string of the molecule is CC(=O)N1CCC[C@@H]1[C@H]1CCCN1c1ncnc2ccccc12. The van der Waals surface area contributed by atoms with E-state index in [-0.39, 0.29) is 5.91 Å². The largest absolute Gasteiger partial charge is 0.351 e. The fourth-order valence-corrected chi connectivity index (χ4v) is 4.26. The highest BCUT2D eigenvalue weighted by Crippen LogP contribution is 2.35. The predicted molar refractivity (Wildman–Crippen MR) is 90.3 cm³/mol. The number of nitrogens with zero attached hydrogens (tertiary/aromatic N) is 4. The van der Waals surface area contributed by atoms with E-state index >= 15 is 0 Å². The van der Waals surface area contributed by atoms with E-state index in [2.05, 4.69) is 25.8 Å². The molecular weight excluding hydrogens is 288 g/mol. The smallest absolute Gasteiger partial charge is 0.219 e. The number of amides is 1. The summed E-state index contributed by atoms with van der Waals surface area (Å²) >= 11 is 0. The summed E-state index contributed by atoms with van der Waals surface area (Å²) in [6.45, 7) is 3.60. The second-order valence-electron chi connectivity index (χ2n) is 6.54. The Morgan fingerprint density at radius 1 is 1.09 bits per heavy atom. The van der Waals surface area contributed by atoms with Crippen molar-refractivity contribution in [3.05, 3.63) is 30.6 Å². The number of carbonyl (C=O) groups excluding carboxylic acids is 1. The highest BCUT2D eigenvalue weighted by molar-refractivity contribution is 5.89. The van der Waals surface area contributed by atoms with Gasteiger partial charge < -0.3 is 9.80 Å². The van der Waals surface area contributed by atoms with E-state index < -0.39 is 0 Å². The van der Waals surface area contributed by atoms with E-state index in [1.165, 1.54) is 0 Å². The summed E-state index contributed by atoms with van der Waals surface area (Å²) < 4.78 is 0. The molecule has 2 aliphatic heterocycles. The maximum atomic E-state index is 12.0. The molecule has 1 aromatic carbocycles. The standard InChI is InChI=1S/C18H22N4O/c1-13(23)21-10-4-8-16(21)17-9-5-11-22(17)18-14-6-2-3-7-15(14)19-12-20-18/h2-3,6-7,12,16-17H,4-5,8-11H2,1H3/t16-,17-/m1/s1. The summed E-state index contributed by atoms with van der Waals surface area (Å²) in [5.41, 5.74) is 0.984. The molecule has 120 valence electrons. The van der Waals surface area contributed by atoms with Crippen LogP contribution in [0.3, 0.4) is 0 Å². The Balaban J connectivity index is 1.71. The average molecular weight is 310 g/mol. The minimum absolute atomic E-state index is 0.201. The topological polar surface area (TPSA) is 49.3 Å². The maximum absolute atomic E-state index is 12.0. The molecule has 0 N–H and O–H groups in total. The van der Waals surface area contributed by atoms with Gasteiger partial charge in [0.05, 0.1) is 17.6 Å². The van der Waals surface area contributed by atoms with Crippen molar-refractivity contribution < 1.29 is 4.79 Å². The van der Waals surface area contributed by atoms with Crippen LogP contribution < -0.4 is 4.90 Å². The van der Waals surface area contributed by atoms with E-state index in [9.17, 15) is 4.79 Å². The third kappa shape index (κ3) is 2.44. The van der Waals surface area contributed by atoms with Gasteiger partial charge in [-0.1, -0.05) is 12.1 Å². The summed E-state index contributed by atoms with van der Waals surface area (Å²) in [5, 5.41) is 1.11. The summed E-state index contributed by atoms with van der Waals surface area (Å²) in [7, 11) is 0. The van der Waals surface area contributed by atoms with Gasteiger partial charge in [0.2, 0.25) is 5.91 Å². The lowest BCUT2D eigenvalue weighted by molar-refractivity contribution is -0.129. The van der Waals surface area contributed by atoms with Gasteiger partial charge in [-0.15, -0.1) is 0 Å². The number of hydrogen-bond donors (Lipinski definition) is 0. The number of aromatic nitrogens is 2. The van der Waals surface area contributed by atoms with Crippen LogP contribution in [0.5, 0.6) is 0 Å². The predicted octanol–water partition coefficient (Wildman–Crippen LogP) is 2.61. The lowest BCUT2D eigenvalue weighted by Gasteiger charge is -2.35. The minimum atomic E-state index is 0.201. The molecule has 0 saturated carbocycles. The van der Waals surface area contributed by atoms with Gasteiger partial charge in [-0.2, -0.15) is 0 Å². The van der Waals surface area contributed by atoms with Crippen molar-refractivity contribution in [2.75, 3.05) is 18.0 Å². The van der Waals surface area contributed by atoms with Crippen LogP contribution in [0.2, 0.25) is 0 Å². The molecule has 1 aromatic heterocycles. The number of para-hydroxylation sites is 1. The summed E-state index contributed by atoms with van der Waals surface area (Å²) in [5.74, 6) is 1.22. The number of anilines is 1. The van der Waals surface area contributed by atoms with Crippen molar-refractivity contribution >= 4 is 22.6 Å². The van der Waals surface area contributed by atoms with Crippen LogP contribution in [0.15, 0.2) is 30.6 Å². The van der Waals surface area contributed by atoms with Crippen molar-refractivity contribution in [3.8, 4) is 0 Å². The first-order valence-corrected chi connectivity index (χ1v) is 8.49. The molecule has 0 bridgehead atoms. The monoisotopic (exact) mass is 310 g/mol. The normalized spacial score (nSPS) is 24.6. The number of carbonyl (C=O) groups is 1. The van der Waals surface area contributed by atoms with Crippen LogP contribution in [-0.4, -0.2) is 45.9 Å². The summed E-state index contributed by atoms with van der Waals surface area (Å²) in [4.78, 5) is 25.4. The molecule has 23 heavy (non-hydrogen) atoms. The molecule has 0 aliphatic carbocycles. The molecule has 5 nitrogen and oxygen atoms in total. The van der Waals surface area contributed by atoms with Crippen LogP contribution in [0.25, 0.3) is 10.9 Å². The van der Waals surface area contributed by atoms with E-state index in [4.69, 9.17) is 0 Å². The van der Waals surface area contributed by atoms with Crippen molar-refractivity contribution in [2.24, 2.45) is 0 Å². The molecule has 0 unspecified atom stereocenters. The Kier molecular flexibility index (Phi) is 3.63. The second kappa shape index (κ2) is 5.80. The fraction of sp³-hybridized carbons (Fsp3) is 0.500. The Morgan fingerprint density at radius 2 is 1.87 bits per heavy atom. The van der Waals surface area contributed by atoms with Gasteiger partial charge in [0.15, 0.2) is 0 Å². The van der Waals surface area contributed by atoms with Crippen LogP contribution in [-0.2, 0) is 4.79 Å². The first-order chi connectivity index (χ1) is 11.3. The maximum Gasteiger partial charge on any atom is 0.219 e. The van der Waals surface area contributed by atoms with Gasteiger partial charge in [-0.25, -0.2) is 9.97 Å². The van der Waals surface area contributed by atoms with Gasteiger partial charge in [0.1, 0.15) is 12.1 Å². The van der Waals surface area contributed by atoms with Crippen molar-refractivity contribution in [1.82, 2.24) is 14.9 Å². The van der Waals surface area contributed by atoms with Crippen LogP contribution in [0, 0.1) is 0 Å². The Hall–Kier alpha value is -2.17. The molecule has 2 fully saturated rings. The summed E-state index contributed by atoms with van der Waals surface area (Å²) in [6.07, 6.45) is 6.16. The Morgan fingerprint density at radius 3 is 2.74 bits per heavy atom. The number of fused-ring (bicyclic) bond motifs is 1. The van der Waals surface area contributed by atoms with Crippen molar-refractivity contribution in [2.45, 2.75) is 44.7 Å². The van der Waals surface area contributed by atoms with E-state index in [0.29, 0.717) is 12.1 Å². The van der Waals surface area contributed by atoms with Gasteiger partial charge in [0, 0.05) is 25.4 Å². The molecule has 2 atom stereocenters. The molecule has 4 rings (SSSR count). The van der Waals surface area contributed by atoms with E-state index in [1.807, 2.05) is 18.2 Å². The molecule has 0 radical (unpaired) electrons. The van der Waals surface area contributed by atoms with Crippen LogP contribution in [0.1, 0.15) is 32.6 Å². The lowest BCUT2D eigenvalue weighted by Crippen LogP contribution is -2.48. The van der Waals surface area contributed by atoms with Crippen LogP contribution in [0.4, 0.5) is 5.82 Å². The first kappa shape index (κ1) is 14.4. The van der Waals surface area contributed by atoms with E-state index in [0.717, 1.165) is 55.5 Å². The third-order valence-corrected chi connectivity index (χ3v) is 5.24.